The van der Waals surface area contributed by atoms with E-state index in [9.17, 15) is 35.1 Å². The van der Waals surface area contributed by atoms with Crippen LogP contribution in [0.5, 0.6) is 0 Å². The Morgan fingerprint density at radius 3 is 1.40 bits per heavy atom. The molecular weight excluding hydrogens is 943 g/mol. The maximum absolute atomic E-state index is 13.4. The number of allylic oxidation sites excluding steroid dienone is 13. The van der Waals surface area contributed by atoms with Crippen LogP contribution in [0.2, 0.25) is 0 Å². The van der Waals surface area contributed by atoms with Gasteiger partial charge in [-0.3, -0.25) is 9.59 Å². The second-order valence-electron chi connectivity index (χ2n) is 20.7. The van der Waals surface area contributed by atoms with Crippen LogP contribution in [0.25, 0.3) is 0 Å². The monoisotopic (exact) mass is 1050 g/mol. The molecule has 1 amide bonds. The first kappa shape index (κ1) is 69.9. The summed E-state index contributed by atoms with van der Waals surface area (Å²) in [6, 6.07) is -1.04. The summed E-state index contributed by atoms with van der Waals surface area (Å²) < 4.78 is 17.5. The molecule has 432 valence electrons. The van der Waals surface area contributed by atoms with Gasteiger partial charge in [0.25, 0.3) is 0 Å². The summed E-state index contributed by atoms with van der Waals surface area (Å²) in [5, 5.41) is 56.9. The molecule has 1 aliphatic rings. The van der Waals surface area contributed by atoms with E-state index in [1.165, 1.54) is 103 Å². The molecular formula is C64H111NO10. The number of amides is 1. The molecule has 0 bridgehead atoms. The quantitative estimate of drug-likeness (QED) is 0.0195. The fourth-order valence-corrected chi connectivity index (χ4v) is 8.91. The minimum atomic E-state index is -1.64. The Kier molecular flexibility index (Phi) is 48.0. The van der Waals surface area contributed by atoms with Crippen LogP contribution in [-0.4, -0.2) is 99.6 Å². The first-order valence-electron chi connectivity index (χ1n) is 30.4. The van der Waals surface area contributed by atoms with Crippen LogP contribution in [-0.2, 0) is 23.8 Å². The van der Waals surface area contributed by atoms with Gasteiger partial charge in [0, 0.05) is 6.42 Å². The molecule has 1 saturated heterocycles. The summed E-state index contributed by atoms with van der Waals surface area (Å²) in [5.41, 5.74) is 0. The van der Waals surface area contributed by atoms with Crippen LogP contribution in [0.1, 0.15) is 245 Å². The molecule has 1 heterocycles. The number of ether oxygens (including phenoxy) is 3. The number of hydrogen-bond acceptors (Lipinski definition) is 10. The summed E-state index contributed by atoms with van der Waals surface area (Å²) in [6.07, 6.45) is 56.2. The number of esters is 1. The Balaban J connectivity index is 2.76. The predicted molar refractivity (Wildman–Crippen MR) is 310 cm³/mol. The smallest absolute Gasteiger partial charge is 0.306 e. The minimum Gasteiger partial charge on any atom is -0.454 e. The van der Waals surface area contributed by atoms with Crippen LogP contribution >= 0.6 is 0 Å². The molecule has 11 heteroatoms. The first-order chi connectivity index (χ1) is 36.7. The number of unbranched alkanes of at least 4 members (excludes halogenated alkanes) is 24. The zero-order chi connectivity index (χ0) is 54.7. The Bertz CT molecular complexity index is 1540. The van der Waals surface area contributed by atoms with Crippen molar-refractivity contribution in [2.75, 3.05) is 13.2 Å². The highest BCUT2D eigenvalue weighted by atomic mass is 16.7. The number of rotatable bonds is 50. The Morgan fingerprint density at radius 2 is 0.920 bits per heavy atom. The van der Waals surface area contributed by atoms with Crippen molar-refractivity contribution >= 4 is 11.9 Å². The van der Waals surface area contributed by atoms with Crippen LogP contribution in [0.4, 0.5) is 0 Å². The Hall–Kier alpha value is -3.16. The molecule has 75 heavy (non-hydrogen) atoms. The number of aliphatic hydroxyl groups is 5. The molecule has 1 rings (SSSR count). The van der Waals surface area contributed by atoms with E-state index in [1.54, 1.807) is 6.08 Å². The molecule has 0 saturated carbocycles. The number of hydrogen-bond donors (Lipinski definition) is 6. The van der Waals surface area contributed by atoms with Crippen LogP contribution < -0.4 is 5.32 Å². The molecule has 0 aliphatic carbocycles. The van der Waals surface area contributed by atoms with E-state index >= 15 is 0 Å². The Labute approximate surface area is 457 Å². The number of carbonyl (C=O) groups excluding carboxylic acids is 2. The highest BCUT2D eigenvalue weighted by Crippen LogP contribution is 2.26. The number of nitrogens with one attached hydrogen (secondary N) is 1. The fourth-order valence-electron chi connectivity index (χ4n) is 8.91. The highest BCUT2D eigenvalue weighted by Gasteiger charge is 2.47. The van der Waals surface area contributed by atoms with E-state index < -0.39 is 67.4 Å². The van der Waals surface area contributed by atoms with E-state index in [2.05, 4.69) is 86.8 Å². The molecule has 8 unspecified atom stereocenters. The van der Waals surface area contributed by atoms with Gasteiger partial charge < -0.3 is 45.1 Å². The summed E-state index contributed by atoms with van der Waals surface area (Å²) in [7, 11) is 0. The van der Waals surface area contributed by atoms with E-state index in [0.717, 1.165) is 89.9 Å². The molecule has 1 aliphatic heterocycles. The van der Waals surface area contributed by atoms with Gasteiger partial charge in [0.2, 0.25) is 5.91 Å². The lowest BCUT2D eigenvalue weighted by Crippen LogP contribution is -2.61. The number of carbonyl (C=O) groups is 2. The van der Waals surface area contributed by atoms with E-state index in [-0.39, 0.29) is 19.4 Å². The lowest BCUT2D eigenvalue weighted by molar-refractivity contribution is -0.305. The molecule has 6 N–H and O–H groups in total. The van der Waals surface area contributed by atoms with Crippen LogP contribution in [0, 0.1) is 0 Å². The molecule has 1 fully saturated rings. The molecule has 0 aromatic rings. The SMILES string of the molecule is CCCCC/C=C\C/C=C\C/C=C\C/C=C\CCCC(=O)OC1C(OCC(NC(=O)C(O)CCCCCCCC/C=C\C/C=C\CCCCC)C(O)/C=C/CCCCCCCCCCCCC)OC(CO)C(O)C1O. The molecule has 0 radical (unpaired) electrons. The highest BCUT2D eigenvalue weighted by molar-refractivity contribution is 5.80. The van der Waals surface area contributed by atoms with Gasteiger partial charge in [0.15, 0.2) is 12.4 Å². The zero-order valence-corrected chi connectivity index (χ0v) is 47.6. The predicted octanol–water partition coefficient (Wildman–Crippen LogP) is 14.2. The van der Waals surface area contributed by atoms with E-state index in [4.69, 9.17) is 14.2 Å². The van der Waals surface area contributed by atoms with Crippen LogP contribution in [0.3, 0.4) is 0 Å². The molecule has 0 aromatic heterocycles. The topological polar surface area (TPSA) is 175 Å². The average molecular weight is 1050 g/mol. The zero-order valence-electron chi connectivity index (χ0n) is 47.6. The largest absolute Gasteiger partial charge is 0.454 e. The van der Waals surface area contributed by atoms with Crippen molar-refractivity contribution in [1.82, 2.24) is 5.32 Å². The van der Waals surface area contributed by atoms with Gasteiger partial charge in [-0.25, -0.2) is 0 Å². The van der Waals surface area contributed by atoms with E-state index in [1.807, 2.05) is 18.2 Å². The third-order valence-corrected chi connectivity index (χ3v) is 13.8. The molecule has 0 spiro atoms. The van der Waals surface area contributed by atoms with Gasteiger partial charge in [0.05, 0.1) is 25.4 Å². The van der Waals surface area contributed by atoms with Gasteiger partial charge in [-0.2, -0.15) is 0 Å². The second-order valence-corrected chi connectivity index (χ2v) is 20.7. The maximum Gasteiger partial charge on any atom is 0.306 e. The lowest BCUT2D eigenvalue weighted by Gasteiger charge is -2.41. The van der Waals surface area contributed by atoms with Gasteiger partial charge in [-0.15, -0.1) is 0 Å². The average Bonchev–Trinajstić information content (AvgIpc) is 3.41. The molecule has 11 nitrogen and oxygen atoms in total. The van der Waals surface area contributed by atoms with Crippen LogP contribution in [0.15, 0.2) is 85.1 Å². The van der Waals surface area contributed by atoms with Crippen molar-refractivity contribution in [3.8, 4) is 0 Å². The van der Waals surface area contributed by atoms with Crippen molar-refractivity contribution < 1.29 is 49.3 Å². The van der Waals surface area contributed by atoms with Gasteiger partial charge in [0.1, 0.15) is 24.4 Å². The third kappa shape index (κ3) is 39.8. The first-order valence-corrected chi connectivity index (χ1v) is 30.4. The third-order valence-electron chi connectivity index (χ3n) is 13.8. The minimum absolute atomic E-state index is 0.0435. The fraction of sp³-hybridized carbons (Fsp3) is 0.750. The van der Waals surface area contributed by atoms with Crippen molar-refractivity contribution in [3.63, 3.8) is 0 Å². The van der Waals surface area contributed by atoms with Crippen molar-refractivity contribution in [2.24, 2.45) is 0 Å². The van der Waals surface area contributed by atoms with Crippen molar-refractivity contribution in [1.29, 1.82) is 0 Å². The van der Waals surface area contributed by atoms with Crippen molar-refractivity contribution in [2.45, 2.75) is 294 Å². The second kappa shape index (κ2) is 51.6. The molecule has 8 atom stereocenters. The standard InChI is InChI=1S/C64H111NO10/c1-4-7-10-13-16-19-22-25-27-29-31-34-37-40-43-46-49-52-59(69)75-62-61(71)60(70)58(53-66)74-64(62)73-54-55(56(67)50-47-44-41-38-35-32-24-21-18-15-12-9-6-3)65-63(72)57(68)51-48-45-42-39-36-33-30-28-26-23-20-17-14-11-8-5-2/h16-17,19-20,25-28,31,34,40,43,47,50,55-58,60-62,64,66-68,70-71H,4-15,18,21-24,29-30,32-33,35-39,41-42,44-46,48-49,51-54H2,1-3H3,(H,65,72)/b19-16-,20-17-,27-25-,28-26-,34-31-,43-40-,50-47+. The number of aliphatic hydroxyl groups excluding tert-OH is 5. The Morgan fingerprint density at radius 1 is 0.520 bits per heavy atom. The summed E-state index contributed by atoms with van der Waals surface area (Å²) >= 11 is 0. The summed E-state index contributed by atoms with van der Waals surface area (Å²) in [5.74, 6) is -1.27. The lowest BCUT2D eigenvalue weighted by atomic mass is 9.99. The van der Waals surface area contributed by atoms with Crippen molar-refractivity contribution in [3.05, 3.63) is 85.1 Å². The van der Waals surface area contributed by atoms with Gasteiger partial charge >= 0.3 is 5.97 Å². The molecule has 0 aromatic carbocycles. The van der Waals surface area contributed by atoms with Gasteiger partial charge in [-0.1, -0.05) is 228 Å². The maximum atomic E-state index is 13.4. The van der Waals surface area contributed by atoms with E-state index in [0.29, 0.717) is 19.3 Å². The normalized spacial score (nSPS) is 19.8. The summed E-state index contributed by atoms with van der Waals surface area (Å²) in [4.78, 5) is 26.5. The van der Waals surface area contributed by atoms with Gasteiger partial charge in [-0.05, 0) is 96.3 Å². The summed E-state index contributed by atoms with van der Waals surface area (Å²) in [6.45, 7) is 5.69.